The predicted octanol–water partition coefficient (Wildman–Crippen LogP) is 4.61. The second kappa shape index (κ2) is 9.08. The first-order chi connectivity index (χ1) is 15.5. The Hall–Kier alpha value is -3.89. The Bertz CT molecular complexity index is 1420. The third-order valence-electron chi connectivity index (χ3n) is 5.21. The molecule has 6 nitrogen and oxygen atoms in total. The van der Waals surface area contributed by atoms with Gasteiger partial charge in [0, 0.05) is 5.69 Å². The van der Waals surface area contributed by atoms with E-state index in [2.05, 4.69) is 16.4 Å². The quantitative estimate of drug-likeness (QED) is 0.362. The largest absolute Gasteiger partial charge is 0.325 e. The Morgan fingerprint density at radius 1 is 1.06 bits per heavy atom. The second-order valence-electron chi connectivity index (χ2n) is 7.30. The maximum Gasteiger partial charge on any atom is 0.266 e. The van der Waals surface area contributed by atoms with Crippen LogP contribution in [0, 0.1) is 25.2 Å². The van der Waals surface area contributed by atoms with Crippen molar-refractivity contribution < 1.29 is 4.79 Å². The number of rotatable bonds is 5. The van der Waals surface area contributed by atoms with E-state index in [1.54, 1.807) is 42.5 Å². The van der Waals surface area contributed by atoms with Crippen LogP contribution in [0.3, 0.4) is 0 Å². The molecule has 1 aromatic heterocycles. The molecule has 0 saturated heterocycles. The summed E-state index contributed by atoms with van der Waals surface area (Å²) in [6.45, 7) is 3.96. The van der Waals surface area contributed by atoms with Gasteiger partial charge in [0.25, 0.3) is 5.56 Å². The van der Waals surface area contributed by atoms with Crippen molar-refractivity contribution in [3.63, 3.8) is 0 Å². The van der Waals surface area contributed by atoms with Gasteiger partial charge in [-0.25, -0.2) is 4.98 Å². The normalized spacial score (nSPS) is 10.7. The summed E-state index contributed by atoms with van der Waals surface area (Å²) in [5.41, 5.74) is 4.32. The summed E-state index contributed by atoms with van der Waals surface area (Å²) in [5, 5.41) is 12.9. The minimum atomic E-state index is -0.224. The molecule has 0 saturated carbocycles. The standard InChI is InChI=1S/C25H20N4O2S/c1-16-6-5-9-21(17(16)2)27-23(30)15-32-25-28-22-8-4-3-7-20(22)24(31)29(25)19-12-10-18(14-26)11-13-19/h3-13H,15H2,1-2H3,(H,27,30). The van der Waals surface area contributed by atoms with Crippen LogP contribution < -0.4 is 10.9 Å². The fourth-order valence-electron chi connectivity index (χ4n) is 3.32. The number of anilines is 1. The zero-order chi connectivity index (χ0) is 22.7. The summed E-state index contributed by atoms with van der Waals surface area (Å²) < 4.78 is 1.49. The topological polar surface area (TPSA) is 87.8 Å². The second-order valence-corrected chi connectivity index (χ2v) is 8.24. The lowest BCUT2D eigenvalue weighted by Crippen LogP contribution is -2.23. The highest BCUT2D eigenvalue weighted by Gasteiger charge is 2.15. The van der Waals surface area contributed by atoms with E-state index in [0.717, 1.165) is 16.8 Å². The molecular formula is C25H20N4O2S. The van der Waals surface area contributed by atoms with E-state index < -0.39 is 0 Å². The lowest BCUT2D eigenvalue weighted by Gasteiger charge is -2.14. The molecule has 1 amide bonds. The number of nitrogens with one attached hydrogen (secondary N) is 1. The Morgan fingerprint density at radius 2 is 1.81 bits per heavy atom. The number of amides is 1. The lowest BCUT2D eigenvalue weighted by atomic mass is 10.1. The van der Waals surface area contributed by atoms with Gasteiger partial charge in [0.2, 0.25) is 5.91 Å². The lowest BCUT2D eigenvalue weighted by molar-refractivity contribution is -0.113. The molecule has 4 rings (SSSR count). The zero-order valence-electron chi connectivity index (χ0n) is 17.6. The Kier molecular flexibility index (Phi) is 6.06. The summed E-state index contributed by atoms with van der Waals surface area (Å²) >= 11 is 1.19. The molecule has 158 valence electrons. The number of nitrogens with zero attached hydrogens (tertiary/aromatic N) is 3. The van der Waals surface area contributed by atoms with E-state index in [1.807, 2.05) is 38.1 Å². The summed E-state index contributed by atoms with van der Waals surface area (Å²) in [4.78, 5) is 30.6. The van der Waals surface area contributed by atoms with Crippen LogP contribution >= 0.6 is 11.8 Å². The minimum absolute atomic E-state index is 0.0917. The van der Waals surface area contributed by atoms with Gasteiger partial charge in [-0.05, 0) is 67.4 Å². The van der Waals surface area contributed by atoms with Crippen molar-refractivity contribution in [1.29, 1.82) is 5.26 Å². The van der Waals surface area contributed by atoms with Gasteiger partial charge >= 0.3 is 0 Å². The number of para-hydroxylation sites is 1. The summed E-state index contributed by atoms with van der Waals surface area (Å²) in [7, 11) is 0. The predicted molar refractivity (Wildman–Crippen MR) is 127 cm³/mol. The zero-order valence-corrected chi connectivity index (χ0v) is 18.4. The van der Waals surface area contributed by atoms with Crippen molar-refractivity contribution in [2.24, 2.45) is 0 Å². The van der Waals surface area contributed by atoms with Gasteiger partial charge in [-0.1, -0.05) is 36.0 Å². The van der Waals surface area contributed by atoms with Crippen molar-refractivity contribution >= 4 is 34.3 Å². The van der Waals surface area contributed by atoms with Gasteiger partial charge in [-0.2, -0.15) is 5.26 Å². The molecule has 0 spiro atoms. The van der Waals surface area contributed by atoms with Crippen molar-refractivity contribution in [3.8, 4) is 11.8 Å². The molecule has 1 heterocycles. The summed E-state index contributed by atoms with van der Waals surface area (Å²) in [6, 6.07) is 21.7. The highest BCUT2D eigenvalue weighted by atomic mass is 32.2. The van der Waals surface area contributed by atoms with Gasteiger partial charge in [-0.3, -0.25) is 14.2 Å². The number of aromatic nitrogens is 2. The van der Waals surface area contributed by atoms with Crippen molar-refractivity contribution in [2.75, 3.05) is 11.1 Å². The first-order valence-corrected chi connectivity index (χ1v) is 11.0. The summed E-state index contributed by atoms with van der Waals surface area (Å²) in [5.74, 6) is -0.0912. The van der Waals surface area contributed by atoms with E-state index in [9.17, 15) is 9.59 Å². The highest BCUT2D eigenvalue weighted by molar-refractivity contribution is 7.99. The molecular weight excluding hydrogens is 420 g/mol. The van der Waals surface area contributed by atoms with E-state index in [1.165, 1.54) is 16.3 Å². The number of thioether (sulfide) groups is 1. The molecule has 0 aliphatic heterocycles. The monoisotopic (exact) mass is 440 g/mol. The van der Waals surface area contributed by atoms with E-state index in [0.29, 0.717) is 27.3 Å². The molecule has 0 unspecified atom stereocenters. The van der Waals surface area contributed by atoms with Gasteiger partial charge in [-0.15, -0.1) is 0 Å². The molecule has 0 fully saturated rings. The fraction of sp³-hybridized carbons (Fsp3) is 0.120. The van der Waals surface area contributed by atoms with Gasteiger partial charge in [0.1, 0.15) is 0 Å². The van der Waals surface area contributed by atoms with Crippen LogP contribution in [0.15, 0.2) is 76.7 Å². The number of hydrogen-bond acceptors (Lipinski definition) is 5. The first kappa shape index (κ1) is 21.3. The molecule has 0 bridgehead atoms. The SMILES string of the molecule is Cc1cccc(NC(=O)CSc2nc3ccccc3c(=O)n2-c2ccc(C#N)cc2)c1C. The van der Waals surface area contributed by atoms with Crippen LogP contribution in [0.2, 0.25) is 0 Å². The van der Waals surface area contributed by atoms with Crippen molar-refractivity contribution in [1.82, 2.24) is 9.55 Å². The third kappa shape index (κ3) is 4.27. The van der Waals surface area contributed by atoms with Gasteiger partial charge in [0.15, 0.2) is 5.16 Å². The smallest absolute Gasteiger partial charge is 0.266 e. The Balaban J connectivity index is 1.68. The van der Waals surface area contributed by atoms with Crippen LogP contribution in [0.1, 0.15) is 16.7 Å². The van der Waals surface area contributed by atoms with Crippen LogP contribution in [0.4, 0.5) is 5.69 Å². The van der Waals surface area contributed by atoms with Crippen molar-refractivity contribution in [2.45, 2.75) is 19.0 Å². The van der Waals surface area contributed by atoms with Crippen LogP contribution in [-0.4, -0.2) is 21.2 Å². The molecule has 0 atom stereocenters. The van der Waals surface area contributed by atoms with Gasteiger partial charge in [0.05, 0.1) is 34.0 Å². The average Bonchev–Trinajstić information content (AvgIpc) is 2.81. The third-order valence-corrected chi connectivity index (χ3v) is 6.15. The van der Waals surface area contributed by atoms with Crippen LogP contribution in [0.25, 0.3) is 16.6 Å². The average molecular weight is 441 g/mol. The molecule has 0 radical (unpaired) electrons. The van der Waals surface area contributed by atoms with Crippen molar-refractivity contribution in [3.05, 3.63) is 93.8 Å². The number of carbonyl (C=O) groups is 1. The molecule has 32 heavy (non-hydrogen) atoms. The Morgan fingerprint density at radius 3 is 2.56 bits per heavy atom. The number of fused-ring (bicyclic) bond motifs is 1. The maximum atomic E-state index is 13.3. The number of aryl methyl sites for hydroxylation is 1. The molecule has 1 N–H and O–H groups in total. The number of benzene rings is 3. The van der Waals surface area contributed by atoms with E-state index in [4.69, 9.17) is 5.26 Å². The number of nitriles is 1. The first-order valence-electron chi connectivity index (χ1n) is 9.99. The fourth-order valence-corrected chi connectivity index (χ4v) is 4.14. The summed E-state index contributed by atoms with van der Waals surface area (Å²) in [6.07, 6.45) is 0. The molecule has 0 aliphatic carbocycles. The van der Waals surface area contributed by atoms with Gasteiger partial charge < -0.3 is 5.32 Å². The van der Waals surface area contributed by atoms with E-state index in [-0.39, 0.29) is 17.2 Å². The Labute approximate surface area is 189 Å². The number of carbonyl (C=O) groups excluding carboxylic acids is 1. The number of hydrogen-bond donors (Lipinski definition) is 1. The maximum absolute atomic E-state index is 13.3. The molecule has 0 aliphatic rings. The van der Waals surface area contributed by atoms with Crippen LogP contribution in [-0.2, 0) is 4.79 Å². The minimum Gasteiger partial charge on any atom is -0.325 e. The highest BCUT2D eigenvalue weighted by Crippen LogP contribution is 2.23. The molecule has 3 aromatic carbocycles. The van der Waals surface area contributed by atoms with Crippen LogP contribution in [0.5, 0.6) is 0 Å². The molecule has 4 aromatic rings. The molecule has 7 heteroatoms. The van der Waals surface area contributed by atoms with E-state index >= 15 is 0 Å².